The molecule has 0 spiro atoms. The van der Waals surface area contributed by atoms with Gasteiger partial charge in [-0.2, -0.15) is 0 Å². The van der Waals surface area contributed by atoms with Crippen molar-refractivity contribution in [2.45, 2.75) is 38.8 Å². The fraction of sp³-hybridized carbons (Fsp3) is 0.875. The summed E-state index contributed by atoms with van der Waals surface area (Å²) in [4.78, 5) is 10.9. The fourth-order valence-electron chi connectivity index (χ4n) is 1.24. The summed E-state index contributed by atoms with van der Waals surface area (Å²) in [5.41, 5.74) is 5.22. The summed E-state index contributed by atoms with van der Waals surface area (Å²) in [6.45, 7) is 4.05. The Hall–Kier alpha value is -0.570. The van der Waals surface area contributed by atoms with Gasteiger partial charge in [0.25, 0.3) is 0 Å². The van der Waals surface area contributed by atoms with Crippen molar-refractivity contribution in [1.29, 1.82) is 0 Å². The third kappa shape index (κ3) is 2.50. The number of hydrogen-bond donors (Lipinski definition) is 2. The summed E-state index contributed by atoms with van der Waals surface area (Å²) >= 11 is 0. The van der Waals surface area contributed by atoms with E-state index < -0.39 is 0 Å². The van der Waals surface area contributed by atoms with Crippen LogP contribution in [-0.4, -0.2) is 18.0 Å². The minimum absolute atomic E-state index is 0.0880. The molecule has 1 saturated carbocycles. The zero-order valence-electron chi connectivity index (χ0n) is 7.13. The smallest absolute Gasteiger partial charge is 0.234 e. The maximum absolute atomic E-state index is 10.9. The van der Waals surface area contributed by atoms with Gasteiger partial charge in [-0.25, -0.2) is 0 Å². The highest BCUT2D eigenvalue weighted by Gasteiger charge is 2.34. The van der Waals surface area contributed by atoms with Crippen LogP contribution in [0.25, 0.3) is 0 Å². The van der Waals surface area contributed by atoms with Crippen molar-refractivity contribution in [3.05, 3.63) is 0 Å². The van der Waals surface area contributed by atoms with E-state index in [1.807, 2.05) is 13.8 Å². The Morgan fingerprint density at radius 2 is 2.09 bits per heavy atom. The van der Waals surface area contributed by atoms with E-state index in [2.05, 4.69) is 5.32 Å². The van der Waals surface area contributed by atoms with Crippen LogP contribution in [-0.2, 0) is 4.79 Å². The molecule has 1 aliphatic carbocycles. The molecule has 3 heteroatoms. The monoisotopic (exact) mass is 156 g/mol. The third-order valence-electron chi connectivity index (χ3n) is 1.91. The van der Waals surface area contributed by atoms with E-state index in [0.717, 1.165) is 12.8 Å². The minimum Gasteiger partial charge on any atom is -0.368 e. The van der Waals surface area contributed by atoms with Gasteiger partial charge in [-0.3, -0.25) is 4.79 Å². The minimum atomic E-state index is -0.207. The van der Waals surface area contributed by atoms with Crippen molar-refractivity contribution in [3.63, 3.8) is 0 Å². The SMILES string of the molecule is CC(C)N[C@H](C(N)=O)C1CC1. The molecule has 11 heavy (non-hydrogen) atoms. The molecule has 1 atom stereocenters. The molecule has 3 N–H and O–H groups in total. The van der Waals surface area contributed by atoms with Gasteiger partial charge in [0.1, 0.15) is 0 Å². The summed E-state index contributed by atoms with van der Waals surface area (Å²) in [6, 6.07) is 0.253. The first-order valence-corrected chi connectivity index (χ1v) is 4.16. The van der Waals surface area contributed by atoms with Crippen LogP contribution in [0, 0.1) is 5.92 Å². The number of carbonyl (C=O) groups excluding carboxylic acids is 1. The van der Waals surface area contributed by atoms with Crippen molar-refractivity contribution in [2.24, 2.45) is 11.7 Å². The normalized spacial score (nSPS) is 20.3. The molecule has 0 heterocycles. The Bertz CT molecular complexity index is 152. The first-order valence-electron chi connectivity index (χ1n) is 4.16. The lowest BCUT2D eigenvalue weighted by Gasteiger charge is -2.16. The number of nitrogens with two attached hydrogens (primary N) is 1. The van der Waals surface area contributed by atoms with Crippen molar-refractivity contribution >= 4 is 5.91 Å². The fourth-order valence-corrected chi connectivity index (χ4v) is 1.24. The zero-order chi connectivity index (χ0) is 8.43. The molecule has 0 saturated heterocycles. The van der Waals surface area contributed by atoms with Crippen molar-refractivity contribution in [2.75, 3.05) is 0 Å². The van der Waals surface area contributed by atoms with Crippen LogP contribution in [0.1, 0.15) is 26.7 Å². The second-order valence-electron chi connectivity index (χ2n) is 3.54. The van der Waals surface area contributed by atoms with Gasteiger partial charge in [-0.15, -0.1) is 0 Å². The van der Waals surface area contributed by atoms with E-state index in [0.29, 0.717) is 12.0 Å². The maximum atomic E-state index is 10.9. The summed E-state index contributed by atoms with van der Waals surface area (Å²) in [6.07, 6.45) is 2.29. The lowest BCUT2D eigenvalue weighted by molar-refractivity contribution is -0.120. The Balaban J connectivity index is 2.38. The number of hydrogen-bond acceptors (Lipinski definition) is 2. The van der Waals surface area contributed by atoms with Crippen molar-refractivity contribution in [3.8, 4) is 0 Å². The van der Waals surface area contributed by atoms with E-state index in [1.165, 1.54) is 0 Å². The lowest BCUT2D eigenvalue weighted by atomic mass is 10.1. The summed E-state index contributed by atoms with van der Waals surface area (Å²) < 4.78 is 0. The molecule has 1 amide bonds. The predicted octanol–water partition coefficient (Wildman–Crippen LogP) is 0.248. The van der Waals surface area contributed by atoms with Crippen LogP contribution in [0.3, 0.4) is 0 Å². The Morgan fingerprint density at radius 1 is 1.55 bits per heavy atom. The molecule has 0 aromatic heterocycles. The highest BCUT2D eigenvalue weighted by atomic mass is 16.1. The van der Waals surface area contributed by atoms with Gasteiger partial charge >= 0.3 is 0 Å². The first kappa shape index (κ1) is 8.53. The van der Waals surface area contributed by atoms with Crippen LogP contribution >= 0.6 is 0 Å². The molecule has 0 aliphatic heterocycles. The molecule has 3 nitrogen and oxygen atoms in total. The van der Waals surface area contributed by atoms with Crippen LogP contribution in [0.2, 0.25) is 0 Å². The number of carbonyl (C=O) groups is 1. The van der Waals surface area contributed by atoms with Crippen molar-refractivity contribution < 1.29 is 4.79 Å². The predicted molar refractivity (Wildman–Crippen MR) is 44.0 cm³/mol. The average Bonchev–Trinajstić information content (AvgIpc) is 2.63. The third-order valence-corrected chi connectivity index (χ3v) is 1.91. The Kier molecular flexibility index (Phi) is 2.49. The molecule has 0 bridgehead atoms. The second kappa shape index (κ2) is 3.22. The molecule has 0 aromatic rings. The molecule has 0 unspecified atom stereocenters. The molecule has 64 valence electrons. The standard InChI is InChI=1S/C8H16N2O/c1-5(2)10-7(8(9)11)6-3-4-6/h5-7,10H,3-4H2,1-2H3,(H2,9,11)/t7-/m0/s1. The van der Waals surface area contributed by atoms with Crippen molar-refractivity contribution in [1.82, 2.24) is 5.32 Å². The van der Waals surface area contributed by atoms with E-state index in [9.17, 15) is 4.79 Å². The zero-order valence-corrected chi connectivity index (χ0v) is 7.13. The van der Waals surface area contributed by atoms with E-state index in [1.54, 1.807) is 0 Å². The summed E-state index contributed by atoms with van der Waals surface area (Å²) in [5, 5.41) is 3.17. The number of nitrogens with one attached hydrogen (secondary N) is 1. The van der Waals surface area contributed by atoms with Gasteiger partial charge in [0.2, 0.25) is 5.91 Å². The number of primary amides is 1. The van der Waals surface area contributed by atoms with Crippen LogP contribution < -0.4 is 11.1 Å². The first-order chi connectivity index (χ1) is 5.11. The molecule has 0 aromatic carbocycles. The summed E-state index contributed by atoms with van der Waals surface area (Å²) in [7, 11) is 0. The highest BCUT2D eigenvalue weighted by Crippen LogP contribution is 2.32. The molecule has 1 fully saturated rings. The Labute approximate surface area is 67.3 Å². The topological polar surface area (TPSA) is 55.1 Å². The van der Waals surface area contributed by atoms with E-state index in [-0.39, 0.29) is 11.9 Å². The Morgan fingerprint density at radius 3 is 2.36 bits per heavy atom. The second-order valence-corrected chi connectivity index (χ2v) is 3.54. The van der Waals surface area contributed by atoms with Gasteiger partial charge in [0, 0.05) is 6.04 Å². The van der Waals surface area contributed by atoms with Gasteiger partial charge in [0.15, 0.2) is 0 Å². The van der Waals surface area contributed by atoms with Gasteiger partial charge in [-0.05, 0) is 18.8 Å². The van der Waals surface area contributed by atoms with Gasteiger partial charge in [-0.1, -0.05) is 13.8 Å². The highest BCUT2D eigenvalue weighted by molar-refractivity contribution is 5.80. The van der Waals surface area contributed by atoms with E-state index in [4.69, 9.17) is 5.73 Å². The number of rotatable bonds is 4. The molecular formula is C8H16N2O. The summed E-state index contributed by atoms with van der Waals surface area (Å²) in [5.74, 6) is 0.302. The van der Waals surface area contributed by atoms with Gasteiger partial charge in [0.05, 0.1) is 6.04 Å². The number of amides is 1. The maximum Gasteiger partial charge on any atom is 0.234 e. The molecular weight excluding hydrogens is 140 g/mol. The van der Waals surface area contributed by atoms with Crippen LogP contribution in [0.15, 0.2) is 0 Å². The van der Waals surface area contributed by atoms with Crippen LogP contribution in [0.5, 0.6) is 0 Å². The molecule has 1 rings (SSSR count). The van der Waals surface area contributed by atoms with Crippen LogP contribution in [0.4, 0.5) is 0 Å². The van der Waals surface area contributed by atoms with Gasteiger partial charge < -0.3 is 11.1 Å². The average molecular weight is 156 g/mol. The molecule has 1 aliphatic rings. The largest absolute Gasteiger partial charge is 0.368 e. The lowest BCUT2D eigenvalue weighted by Crippen LogP contribution is -2.45. The molecule has 0 radical (unpaired) electrons. The quantitative estimate of drug-likeness (QED) is 0.613. The van der Waals surface area contributed by atoms with E-state index >= 15 is 0 Å².